The van der Waals surface area contributed by atoms with Gasteiger partial charge >= 0.3 is 0 Å². The van der Waals surface area contributed by atoms with Gasteiger partial charge in [-0.2, -0.15) is 0 Å². The molecule has 2 rings (SSSR count). The van der Waals surface area contributed by atoms with Crippen LogP contribution in [0.25, 0.3) is 0 Å². The third-order valence-corrected chi connectivity index (χ3v) is 5.43. The first-order chi connectivity index (χ1) is 9.60. The van der Waals surface area contributed by atoms with E-state index in [0.29, 0.717) is 6.04 Å². The van der Waals surface area contributed by atoms with E-state index >= 15 is 0 Å². The minimum absolute atomic E-state index is 0.373. The zero-order valence-electron chi connectivity index (χ0n) is 11.7. The monoisotopic (exact) mass is 415 g/mol. The third kappa shape index (κ3) is 4.42. The maximum atomic E-state index is 3.68. The molecule has 1 nitrogen and oxygen atoms in total. The van der Waals surface area contributed by atoms with Crippen LogP contribution in [0.4, 0.5) is 0 Å². The van der Waals surface area contributed by atoms with Crippen LogP contribution in [-0.2, 0) is 6.42 Å². The molecule has 0 aliphatic heterocycles. The molecular weight excluding hydrogens is 398 g/mol. The summed E-state index contributed by atoms with van der Waals surface area (Å²) in [5.41, 5.74) is 2.73. The quantitative estimate of drug-likeness (QED) is 0.621. The summed E-state index contributed by atoms with van der Waals surface area (Å²) in [4.78, 5) is 1.41. The number of nitrogens with one attached hydrogen (secondary N) is 1. The van der Waals surface area contributed by atoms with E-state index in [4.69, 9.17) is 0 Å². The van der Waals surface area contributed by atoms with Gasteiger partial charge < -0.3 is 5.32 Å². The molecule has 0 amide bonds. The molecule has 0 aliphatic carbocycles. The van der Waals surface area contributed by atoms with Gasteiger partial charge in [0.1, 0.15) is 0 Å². The van der Waals surface area contributed by atoms with Crippen LogP contribution in [0, 0.1) is 6.92 Å². The van der Waals surface area contributed by atoms with Crippen LogP contribution in [0.15, 0.2) is 38.6 Å². The van der Waals surface area contributed by atoms with Crippen LogP contribution in [0.2, 0.25) is 0 Å². The molecule has 0 radical (unpaired) electrons. The Morgan fingerprint density at radius 2 is 2.00 bits per heavy atom. The lowest BCUT2D eigenvalue weighted by atomic mass is 9.98. The smallest absolute Gasteiger partial charge is 0.0701 e. The first kappa shape index (κ1) is 16.2. The van der Waals surface area contributed by atoms with E-state index in [1.54, 1.807) is 0 Å². The first-order valence-corrected chi connectivity index (χ1v) is 9.24. The van der Waals surface area contributed by atoms with Gasteiger partial charge in [0, 0.05) is 21.8 Å². The second kappa shape index (κ2) is 7.74. The van der Waals surface area contributed by atoms with Crippen LogP contribution in [-0.4, -0.2) is 6.54 Å². The van der Waals surface area contributed by atoms with Crippen LogP contribution in [0.1, 0.15) is 35.4 Å². The van der Waals surface area contributed by atoms with Crippen molar-refractivity contribution >= 4 is 43.2 Å². The van der Waals surface area contributed by atoms with Gasteiger partial charge in [0.25, 0.3) is 0 Å². The molecule has 1 atom stereocenters. The van der Waals surface area contributed by atoms with Crippen molar-refractivity contribution in [3.8, 4) is 0 Å². The van der Waals surface area contributed by atoms with Crippen LogP contribution >= 0.6 is 43.2 Å². The molecule has 2 aromatic rings. The van der Waals surface area contributed by atoms with E-state index in [1.807, 2.05) is 11.3 Å². The predicted octanol–water partition coefficient (Wildman–Crippen LogP) is 5.86. The largest absolute Gasteiger partial charge is 0.310 e. The van der Waals surface area contributed by atoms with E-state index in [9.17, 15) is 0 Å². The number of halogens is 2. The van der Waals surface area contributed by atoms with Crippen molar-refractivity contribution in [1.29, 1.82) is 0 Å². The number of hydrogen-bond acceptors (Lipinski definition) is 2. The molecule has 1 N–H and O–H groups in total. The fourth-order valence-electron chi connectivity index (χ4n) is 2.26. The summed E-state index contributed by atoms with van der Waals surface area (Å²) in [6.45, 7) is 5.44. The Morgan fingerprint density at radius 1 is 1.20 bits per heavy atom. The zero-order valence-corrected chi connectivity index (χ0v) is 15.7. The lowest BCUT2D eigenvalue weighted by molar-refractivity contribution is 0.530. The molecular formula is C16H19Br2NS. The SMILES string of the molecule is CCCNC(Cc1ccc(Br)s1)c1cc(Br)ccc1C. The van der Waals surface area contributed by atoms with Crippen LogP contribution < -0.4 is 5.32 Å². The van der Waals surface area contributed by atoms with Crippen LogP contribution in [0.5, 0.6) is 0 Å². The minimum atomic E-state index is 0.373. The number of benzene rings is 1. The lowest BCUT2D eigenvalue weighted by Crippen LogP contribution is -2.24. The highest BCUT2D eigenvalue weighted by Gasteiger charge is 2.15. The van der Waals surface area contributed by atoms with Crippen molar-refractivity contribution in [2.24, 2.45) is 0 Å². The average Bonchev–Trinajstić information content (AvgIpc) is 2.83. The summed E-state index contributed by atoms with van der Waals surface area (Å²) in [5.74, 6) is 0. The molecule has 1 unspecified atom stereocenters. The standard InChI is InChI=1S/C16H19Br2NS/c1-3-8-19-15(10-13-6-7-16(18)20-13)14-9-12(17)5-4-11(14)2/h4-7,9,15,19H,3,8,10H2,1-2H3. The van der Waals surface area contributed by atoms with Gasteiger partial charge in [-0.1, -0.05) is 28.9 Å². The van der Waals surface area contributed by atoms with Gasteiger partial charge in [0.2, 0.25) is 0 Å². The van der Waals surface area contributed by atoms with Crippen molar-refractivity contribution in [2.75, 3.05) is 6.54 Å². The maximum Gasteiger partial charge on any atom is 0.0701 e. The highest BCUT2D eigenvalue weighted by atomic mass is 79.9. The molecule has 0 fully saturated rings. The maximum absolute atomic E-state index is 3.68. The molecule has 1 aromatic carbocycles. The van der Waals surface area contributed by atoms with Gasteiger partial charge in [-0.25, -0.2) is 0 Å². The van der Waals surface area contributed by atoms with Gasteiger partial charge in [0.05, 0.1) is 3.79 Å². The topological polar surface area (TPSA) is 12.0 Å². The Kier molecular flexibility index (Phi) is 6.27. The summed E-state index contributed by atoms with van der Waals surface area (Å²) >= 11 is 8.96. The summed E-state index contributed by atoms with van der Waals surface area (Å²) < 4.78 is 2.35. The Balaban J connectivity index is 2.24. The molecule has 0 saturated carbocycles. The van der Waals surface area contributed by atoms with Crippen molar-refractivity contribution in [2.45, 2.75) is 32.7 Å². The minimum Gasteiger partial charge on any atom is -0.310 e. The molecule has 1 aromatic heterocycles. The van der Waals surface area contributed by atoms with Gasteiger partial charge in [-0.05, 0) is 71.2 Å². The van der Waals surface area contributed by atoms with Crippen molar-refractivity contribution in [1.82, 2.24) is 5.32 Å². The van der Waals surface area contributed by atoms with Crippen molar-refractivity contribution in [3.05, 3.63) is 54.6 Å². The fourth-order valence-corrected chi connectivity index (χ4v) is 4.17. The number of aryl methyl sites for hydroxylation is 1. The van der Waals surface area contributed by atoms with Crippen LogP contribution in [0.3, 0.4) is 0 Å². The normalized spacial score (nSPS) is 12.6. The molecule has 0 saturated heterocycles. The molecule has 0 spiro atoms. The second-order valence-electron chi connectivity index (χ2n) is 4.92. The summed E-state index contributed by atoms with van der Waals surface area (Å²) in [7, 11) is 0. The molecule has 4 heteroatoms. The van der Waals surface area contributed by atoms with Gasteiger partial charge in [-0.15, -0.1) is 11.3 Å². The van der Waals surface area contributed by atoms with E-state index in [1.165, 1.54) is 19.8 Å². The van der Waals surface area contributed by atoms with Gasteiger partial charge in [-0.3, -0.25) is 0 Å². The number of thiophene rings is 1. The Labute approximate surface area is 142 Å². The highest BCUT2D eigenvalue weighted by molar-refractivity contribution is 9.11. The molecule has 108 valence electrons. The second-order valence-corrected chi connectivity index (χ2v) is 8.38. The Hall–Kier alpha value is -0.160. The summed E-state index contributed by atoms with van der Waals surface area (Å²) in [6, 6.07) is 11.2. The van der Waals surface area contributed by atoms with Crippen molar-refractivity contribution in [3.63, 3.8) is 0 Å². The first-order valence-electron chi connectivity index (χ1n) is 6.83. The van der Waals surface area contributed by atoms with Gasteiger partial charge in [0.15, 0.2) is 0 Å². The average molecular weight is 417 g/mol. The number of hydrogen-bond donors (Lipinski definition) is 1. The number of rotatable bonds is 6. The highest BCUT2D eigenvalue weighted by Crippen LogP contribution is 2.29. The zero-order chi connectivity index (χ0) is 14.5. The fraction of sp³-hybridized carbons (Fsp3) is 0.375. The Bertz CT molecular complexity index is 565. The Morgan fingerprint density at radius 3 is 2.65 bits per heavy atom. The molecule has 1 heterocycles. The lowest BCUT2D eigenvalue weighted by Gasteiger charge is -2.21. The third-order valence-electron chi connectivity index (χ3n) is 3.29. The molecule has 20 heavy (non-hydrogen) atoms. The van der Waals surface area contributed by atoms with E-state index in [2.05, 4.69) is 81.4 Å². The van der Waals surface area contributed by atoms with Crippen molar-refractivity contribution < 1.29 is 0 Å². The van der Waals surface area contributed by atoms with E-state index in [-0.39, 0.29) is 0 Å². The molecule has 0 bridgehead atoms. The summed E-state index contributed by atoms with van der Waals surface area (Å²) in [6.07, 6.45) is 2.19. The van der Waals surface area contributed by atoms with E-state index < -0.39 is 0 Å². The summed E-state index contributed by atoms with van der Waals surface area (Å²) in [5, 5.41) is 3.68. The van der Waals surface area contributed by atoms with E-state index in [0.717, 1.165) is 23.9 Å². The predicted molar refractivity (Wildman–Crippen MR) is 95.6 cm³/mol. The molecule has 0 aliphatic rings.